The second kappa shape index (κ2) is 16.6. The van der Waals surface area contributed by atoms with Crippen LogP contribution < -0.4 is 14.2 Å². The molecular formula is C33H30O8. The zero-order valence-electron chi connectivity index (χ0n) is 22.5. The number of hydrogen-bond acceptors (Lipinski definition) is 8. The number of rotatable bonds is 14. The van der Waals surface area contributed by atoms with E-state index in [9.17, 15) is 14.4 Å². The van der Waals surface area contributed by atoms with Crippen molar-refractivity contribution in [3.8, 4) is 29.1 Å². The molecule has 0 fully saturated rings. The molecule has 0 heterocycles. The van der Waals surface area contributed by atoms with Crippen LogP contribution in [0.3, 0.4) is 0 Å². The summed E-state index contributed by atoms with van der Waals surface area (Å²) in [4.78, 5) is 34.5. The van der Waals surface area contributed by atoms with Gasteiger partial charge in [0.2, 0.25) is 0 Å². The van der Waals surface area contributed by atoms with Crippen molar-refractivity contribution in [3.05, 3.63) is 115 Å². The molecule has 0 aliphatic rings. The fraction of sp³-hybridized carbons (Fsp3) is 0.182. The Labute approximate surface area is 239 Å². The molecule has 0 atom stereocenters. The lowest BCUT2D eigenvalue weighted by atomic mass is 10.1. The van der Waals surface area contributed by atoms with Crippen LogP contribution in [0.4, 0.5) is 0 Å². The summed E-state index contributed by atoms with van der Waals surface area (Å²) in [5.41, 5.74) is 1.96. The Balaban J connectivity index is 1.41. The quantitative estimate of drug-likeness (QED) is 0.0871. The first-order valence-electron chi connectivity index (χ1n) is 12.8. The number of ether oxygens (including phenoxy) is 5. The van der Waals surface area contributed by atoms with Gasteiger partial charge >= 0.3 is 17.9 Å². The van der Waals surface area contributed by atoms with Crippen molar-refractivity contribution in [1.29, 1.82) is 0 Å². The smallest absolute Gasteiger partial charge is 0.343 e. The van der Waals surface area contributed by atoms with Crippen molar-refractivity contribution in [2.45, 2.75) is 12.8 Å². The van der Waals surface area contributed by atoms with Crippen LogP contribution in [0, 0.1) is 11.8 Å². The average Bonchev–Trinajstić information content (AvgIpc) is 3.01. The van der Waals surface area contributed by atoms with E-state index < -0.39 is 17.9 Å². The van der Waals surface area contributed by atoms with Crippen molar-refractivity contribution in [3.63, 3.8) is 0 Å². The second-order valence-electron chi connectivity index (χ2n) is 8.36. The van der Waals surface area contributed by atoms with Gasteiger partial charge in [-0.1, -0.05) is 25.0 Å². The fourth-order valence-corrected chi connectivity index (χ4v) is 3.20. The van der Waals surface area contributed by atoms with Crippen LogP contribution in [-0.4, -0.2) is 44.3 Å². The highest BCUT2D eigenvalue weighted by Crippen LogP contribution is 2.17. The van der Waals surface area contributed by atoms with Gasteiger partial charge in [-0.3, -0.25) is 0 Å². The standard InChI is InChI=1S/C33H30O8/c1-3-31(34)39-23-5-21-37-28-15-9-25(10-16-28)7-8-26-11-17-30(18-12-26)41-33(36)27-13-19-29(20-14-27)38-22-6-24-40-32(35)4-2/h3-4,9-20H,1-2,5-6,21-24H2. The molecule has 0 aliphatic carbocycles. The number of carbonyl (C=O) groups is 3. The third kappa shape index (κ3) is 11.2. The zero-order valence-corrected chi connectivity index (χ0v) is 22.5. The van der Waals surface area contributed by atoms with Crippen LogP contribution in [-0.2, 0) is 19.1 Å². The highest BCUT2D eigenvalue weighted by molar-refractivity contribution is 5.91. The van der Waals surface area contributed by atoms with E-state index in [1.807, 2.05) is 24.3 Å². The molecule has 0 saturated heterocycles. The highest BCUT2D eigenvalue weighted by Gasteiger charge is 2.09. The Bertz CT molecular complexity index is 1380. The van der Waals surface area contributed by atoms with Crippen LogP contribution in [0.1, 0.15) is 34.3 Å². The van der Waals surface area contributed by atoms with Gasteiger partial charge in [0.05, 0.1) is 32.0 Å². The van der Waals surface area contributed by atoms with Crippen LogP contribution in [0.5, 0.6) is 17.2 Å². The number of hydrogen-bond donors (Lipinski definition) is 0. The first kappa shape index (κ1) is 30.3. The van der Waals surface area contributed by atoms with Gasteiger partial charge in [-0.05, 0) is 72.8 Å². The molecule has 3 aromatic rings. The Kier molecular flexibility index (Phi) is 12.3. The second-order valence-corrected chi connectivity index (χ2v) is 8.36. The Hall–Kier alpha value is -5.29. The summed E-state index contributed by atoms with van der Waals surface area (Å²) in [6, 6.07) is 20.9. The lowest BCUT2D eigenvalue weighted by Crippen LogP contribution is -2.09. The lowest BCUT2D eigenvalue weighted by molar-refractivity contribution is -0.138. The molecule has 41 heavy (non-hydrogen) atoms. The molecule has 3 rings (SSSR count). The molecule has 0 radical (unpaired) electrons. The summed E-state index contributed by atoms with van der Waals surface area (Å²) < 4.78 is 26.4. The SMILES string of the molecule is C=CC(=O)OCCCOc1ccc(C#Cc2ccc(OC(=O)c3ccc(OCCCOC(=O)C=C)cc3)cc2)cc1. The molecule has 0 bridgehead atoms. The van der Waals surface area contributed by atoms with E-state index in [1.165, 1.54) is 0 Å². The minimum absolute atomic E-state index is 0.239. The van der Waals surface area contributed by atoms with Gasteiger partial charge in [0.25, 0.3) is 0 Å². The summed E-state index contributed by atoms with van der Waals surface area (Å²) in [6.45, 7) is 7.97. The van der Waals surface area contributed by atoms with Crippen molar-refractivity contribution in [1.82, 2.24) is 0 Å². The number of benzene rings is 3. The van der Waals surface area contributed by atoms with Crippen LogP contribution in [0.15, 0.2) is 98.1 Å². The highest BCUT2D eigenvalue weighted by atomic mass is 16.5. The monoisotopic (exact) mass is 554 g/mol. The predicted molar refractivity (Wildman–Crippen MR) is 153 cm³/mol. The molecule has 3 aromatic carbocycles. The van der Waals surface area contributed by atoms with Crippen LogP contribution in [0.2, 0.25) is 0 Å². The molecule has 0 amide bonds. The van der Waals surface area contributed by atoms with Gasteiger partial charge in [-0.2, -0.15) is 0 Å². The number of esters is 3. The van der Waals surface area contributed by atoms with E-state index in [-0.39, 0.29) is 13.2 Å². The van der Waals surface area contributed by atoms with Gasteiger partial charge in [0.15, 0.2) is 0 Å². The van der Waals surface area contributed by atoms with Crippen molar-refractivity contribution < 1.29 is 38.1 Å². The third-order valence-electron chi connectivity index (χ3n) is 5.30. The zero-order chi connectivity index (χ0) is 29.3. The molecule has 210 valence electrons. The molecule has 8 heteroatoms. The molecule has 8 nitrogen and oxygen atoms in total. The molecule has 0 spiro atoms. The molecule has 0 aliphatic heterocycles. The average molecular weight is 555 g/mol. The van der Waals surface area contributed by atoms with Crippen molar-refractivity contribution in [2.24, 2.45) is 0 Å². The Morgan fingerprint density at radius 3 is 1.44 bits per heavy atom. The molecule has 0 unspecified atom stereocenters. The Morgan fingerprint density at radius 2 is 1.00 bits per heavy atom. The van der Waals surface area contributed by atoms with Crippen molar-refractivity contribution in [2.75, 3.05) is 26.4 Å². The maximum absolute atomic E-state index is 12.5. The first-order chi connectivity index (χ1) is 20.0. The predicted octanol–water partition coefficient (Wildman–Crippen LogP) is 5.30. The van der Waals surface area contributed by atoms with E-state index >= 15 is 0 Å². The number of carbonyl (C=O) groups excluding carboxylic acids is 3. The largest absolute Gasteiger partial charge is 0.493 e. The molecule has 0 aromatic heterocycles. The van der Waals surface area contributed by atoms with Gasteiger partial charge in [0.1, 0.15) is 17.2 Å². The summed E-state index contributed by atoms with van der Waals surface area (Å²) in [5.74, 6) is 6.44. The van der Waals surface area contributed by atoms with Crippen LogP contribution >= 0.6 is 0 Å². The van der Waals surface area contributed by atoms with Gasteiger partial charge in [-0.25, -0.2) is 14.4 Å². The van der Waals surface area contributed by atoms with E-state index in [2.05, 4.69) is 25.0 Å². The summed E-state index contributed by atoms with van der Waals surface area (Å²) in [5, 5.41) is 0. The van der Waals surface area contributed by atoms with E-state index in [4.69, 9.17) is 23.7 Å². The van der Waals surface area contributed by atoms with Crippen LogP contribution in [0.25, 0.3) is 0 Å². The molecular weight excluding hydrogens is 524 g/mol. The summed E-state index contributed by atoms with van der Waals surface area (Å²) in [6.07, 6.45) is 3.35. The van der Waals surface area contributed by atoms with E-state index in [0.29, 0.717) is 48.9 Å². The maximum Gasteiger partial charge on any atom is 0.343 e. The fourth-order valence-electron chi connectivity index (χ4n) is 3.20. The topological polar surface area (TPSA) is 97.4 Å². The normalized spacial score (nSPS) is 9.85. The molecule has 0 saturated carbocycles. The first-order valence-corrected chi connectivity index (χ1v) is 12.8. The third-order valence-corrected chi connectivity index (χ3v) is 5.30. The maximum atomic E-state index is 12.5. The Morgan fingerprint density at radius 1 is 0.585 bits per heavy atom. The minimum atomic E-state index is -0.494. The summed E-state index contributed by atoms with van der Waals surface area (Å²) in [7, 11) is 0. The van der Waals surface area contributed by atoms with E-state index in [0.717, 1.165) is 23.3 Å². The van der Waals surface area contributed by atoms with Gasteiger partial charge in [-0.15, -0.1) is 0 Å². The molecule has 0 N–H and O–H groups in total. The lowest BCUT2D eigenvalue weighted by Gasteiger charge is -2.08. The van der Waals surface area contributed by atoms with Gasteiger partial charge in [0, 0.05) is 36.1 Å². The summed E-state index contributed by atoms with van der Waals surface area (Å²) >= 11 is 0. The van der Waals surface area contributed by atoms with E-state index in [1.54, 1.807) is 48.5 Å². The van der Waals surface area contributed by atoms with Gasteiger partial charge < -0.3 is 23.7 Å². The van der Waals surface area contributed by atoms with Crippen molar-refractivity contribution >= 4 is 17.9 Å². The minimum Gasteiger partial charge on any atom is -0.493 e.